The number of hydrogen-bond donors (Lipinski definition) is 0. The Kier molecular flexibility index (Phi) is 3.89. The van der Waals surface area contributed by atoms with Gasteiger partial charge in [0.15, 0.2) is 0 Å². The Labute approximate surface area is 116 Å². The maximum atomic E-state index is 12.7. The number of nitrogens with zero attached hydrogens (tertiary/aromatic N) is 3. The highest BCUT2D eigenvalue weighted by Crippen LogP contribution is 2.33. The van der Waals surface area contributed by atoms with Crippen LogP contribution in [-0.2, 0) is 6.18 Å². The van der Waals surface area contributed by atoms with E-state index in [1.165, 1.54) is 6.07 Å². The van der Waals surface area contributed by atoms with E-state index in [1.54, 1.807) is 4.90 Å². The van der Waals surface area contributed by atoms with Gasteiger partial charge in [0.05, 0.1) is 5.56 Å². The summed E-state index contributed by atoms with van der Waals surface area (Å²) in [5.74, 6) is 1.06. The van der Waals surface area contributed by atoms with Crippen molar-refractivity contribution in [2.24, 2.45) is 11.8 Å². The lowest BCUT2D eigenvalue weighted by Gasteiger charge is -2.21. The van der Waals surface area contributed by atoms with Crippen LogP contribution in [0, 0.1) is 23.2 Å². The van der Waals surface area contributed by atoms with Gasteiger partial charge in [-0.2, -0.15) is 18.4 Å². The van der Waals surface area contributed by atoms with Gasteiger partial charge in [-0.25, -0.2) is 4.98 Å². The number of anilines is 1. The molecule has 0 aliphatic carbocycles. The van der Waals surface area contributed by atoms with Crippen LogP contribution < -0.4 is 4.90 Å². The lowest BCUT2D eigenvalue weighted by atomic mass is 9.95. The van der Waals surface area contributed by atoms with E-state index in [0.717, 1.165) is 12.5 Å². The number of pyridine rings is 1. The van der Waals surface area contributed by atoms with E-state index in [2.05, 4.69) is 18.8 Å². The number of halogens is 3. The number of aromatic nitrogens is 1. The minimum Gasteiger partial charge on any atom is -0.355 e. The summed E-state index contributed by atoms with van der Waals surface area (Å²) in [5.41, 5.74) is -0.748. The van der Waals surface area contributed by atoms with Crippen molar-refractivity contribution >= 4 is 5.82 Å². The largest absolute Gasteiger partial charge is 0.433 e. The van der Waals surface area contributed by atoms with Gasteiger partial charge in [-0.15, -0.1) is 0 Å². The molecule has 1 aliphatic heterocycles. The highest BCUT2D eigenvalue weighted by atomic mass is 19.4. The topological polar surface area (TPSA) is 39.9 Å². The summed E-state index contributed by atoms with van der Waals surface area (Å²) >= 11 is 0. The fraction of sp³-hybridized carbons (Fsp3) is 0.571. The zero-order chi connectivity index (χ0) is 14.9. The minimum atomic E-state index is -4.49. The smallest absolute Gasteiger partial charge is 0.355 e. The Bertz CT molecular complexity index is 531. The van der Waals surface area contributed by atoms with Crippen LogP contribution >= 0.6 is 0 Å². The van der Waals surface area contributed by atoms with Gasteiger partial charge in [0.25, 0.3) is 0 Å². The molecule has 1 unspecified atom stereocenters. The van der Waals surface area contributed by atoms with Crippen molar-refractivity contribution in [2.45, 2.75) is 26.4 Å². The van der Waals surface area contributed by atoms with Gasteiger partial charge >= 0.3 is 6.18 Å². The molecular formula is C14H16F3N3. The van der Waals surface area contributed by atoms with Crippen LogP contribution in [0.5, 0.6) is 0 Å². The Balaban J connectivity index is 2.33. The van der Waals surface area contributed by atoms with E-state index < -0.39 is 11.9 Å². The van der Waals surface area contributed by atoms with Crippen molar-refractivity contribution in [3.8, 4) is 6.07 Å². The zero-order valence-electron chi connectivity index (χ0n) is 11.4. The Hall–Kier alpha value is -1.77. The van der Waals surface area contributed by atoms with E-state index in [0.29, 0.717) is 24.9 Å². The van der Waals surface area contributed by atoms with Crippen LogP contribution in [0.3, 0.4) is 0 Å². The number of alkyl halides is 3. The first-order valence-electron chi connectivity index (χ1n) is 6.56. The van der Waals surface area contributed by atoms with Gasteiger partial charge in [-0.05, 0) is 30.4 Å². The van der Waals surface area contributed by atoms with Gasteiger partial charge in [-0.1, -0.05) is 13.8 Å². The van der Waals surface area contributed by atoms with Gasteiger partial charge in [-0.3, -0.25) is 0 Å². The number of hydrogen-bond acceptors (Lipinski definition) is 3. The van der Waals surface area contributed by atoms with Crippen molar-refractivity contribution in [1.29, 1.82) is 5.26 Å². The minimum absolute atomic E-state index is 0.158. The average molecular weight is 283 g/mol. The van der Waals surface area contributed by atoms with Gasteiger partial charge in [0.2, 0.25) is 0 Å². The molecule has 6 heteroatoms. The molecule has 108 valence electrons. The van der Waals surface area contributed by atoms with Crippen LogP contribution in [0.4, 0.5) is 19.0 Å². The molecular weight excluding hydrogens is 267 g/mol. The van der Waals surface area contributed by atoms with E-state index >= 15 is 0 Å². The molecule has 2 heterocycles. The van der Waals surface area contributed by atoms with Crippen LogP contribution in [0.25, 0.3) is 0 Å². The third kappa shape index (κ3) is 2.87. The lowest BCUT2D eigenvalue weighted by molar-refractivity contribution is -0.141. The number of nitriles is 1. The Morgan fingerprint density at radius 3 is 2.60 bits per heavy atom. The molecule has 20 heavy (non-hydrogen) atoms. The molecule has 0 spiro atoms. The first-order valence-corrected chi connectivity index (χ1v) is 6.56. The summed E-state index contributed by atoms with van der Waals surface area (Å²) < 4.78 is 38.2. The molecule has 1 atom stereocenters. The van der Waals surface area contributed by atoms with E-state index in [-0.39, 0.29) is 11.4 Å². The Morgan fingerprint density at radius 2 is 2.10 bits per heavy atom. The highest BCUT2D eigenvalue weighted by molar-refractivity contribution is 5.55. The second kappa shape index (κ2) is 5.31. The van der Waals surface area contributed by atoms with Crippen molar-refractivity contribution < 1.29 is 13.2 Å². The lowest BCUT2D eigenvalue weighted by Crippen LogP contribution is -2.24. The highest BCUT2D eigenvalue weighted by Gasteiger charge is 2.34. The molecule has 0 aromatic carbocycles. The fourth-order valence-corrected chi connectivity index (χ4v) is 2.46. The molecule has 3 nitrogen and oxygen atoms in total. The molecule has 0 radical (unpaired) electrons. The SMILES string of the molecule is CC(C)C1CCN(c2nc(C(F)(F)F)ccc2C#N)C1. The molecule has 0 amide bonds. The maximum Gasteiger partial charge on any atom is 0.433 e. The summed E-state index contributed by atoms with van der Waals surface area (Å²) in [6.45, 7) is 5.49. The predicted octanol–water partition coefficient (Wildman–Crippen LogP) is 3.45. The van der Waals surface area contributed by atoms with Gasteiger partial charge in [0, 0.05) is 13.1 Å². The van der Waals surface area contributed by atoms with E-state index in [9.17, 15) is 13.2 Å². The summed E-state index contributed by atoms with van der Waals surface area (Å²) in [4.78, 5) is 5.46. The predicted molar refractivity (Wildman–Crippen MR) is 69.1 cm³/mol. The van der Waals surface area contributed by atoms with Crippen molar-refractivity contribution in [1.82, 2.24) is 4.98 Å². The molecule has 1 saturated heterocycles. The first-order chi connectivity index (χ1) is 9.32. The molecule has 0 bridgehead atoms. The maximum absolute atomic E-state index is 12.7. The normalized spacial score (nSPS) is 19.4. The average Bonchev–Trinajstić information content (AvgIpc) is 2.86. The van der Waals surface area contributed by atoms with E-state index in [4.69, 9.17) is 5.26 Å². The van der Waals surface area contributed by atoms with Crippen molar-refractivity contribution in [3.63, 3.8) is 0 Å². The zero-order valence-corrected chi connectivity index (χ0v) is 11.4. The van der Waals surface area contributed by atoms with E-state index in [1.807, 2.05) is 6.07 Å². The molecule has 1 aliphatic rings. The number of rotatable bonds is 2. The van der Waals surface area contributed by atoms with Crippen LogP contribution in [0.2, 0.25) is 0 Å². The second-order valence-electron chi connectivity index (χ2n) is 5.42. The third-order valence-electron chi connectivity index (χ3n) is 3.75. The van der Waals surface area contributed by atoms with Crippen LogP contribution in [-0.4, -0.2) is 18.1 Å². The molecule has 2 rings (SSSR count). The summed E-state index contributed by atoms with van der Waals surface area (Å²) in [7, 11) is 0. The summed E-state index contributed by atoms with van der Waals surface area (Å²) in [6, 6.07) is 3.99. The summed E-state index contributed by atoms with van der Waals surface area (Å²) in [5, 5.41) is 9.05. The third-order valence-corrected chi connectivity index (χ3v) is 3.75. The molecule has 0 saturated carbocycles. The monoisotopic (exact) mass is 283 g/mol. The molecule has 1 aromatic heterocycles. The fourth-order valence-electron chi connectivity index (χ4n) is 2.46. The molecule has 1 aromatic rings. The Morgan fingerprint density at radius 1 is 1.40 bits per heavy atom. The van der Waals surface area contributed by atoms with Crippen molar-refractivity contribution in [3.05, 3.63) is 23.4 Å². The second-order valence-corrected chi connectivity index (χ2v) is 5.42. The van der Waals surface area contributed by atoms with Gasteiger partial charge in [0.1, 0.15) is 17.6 Å². The standard InChI is InChI=1S/C14H16F3N3/c1-9(2)11-5-6-20(8-11)13-10(7-18)3-4-12(19-13)14(15,16)17/h3-4,9,11H,5-6,8H2,1-2H3. The van der Waals surface area contributed by atoms with Gasteiger partial charge < -0.3 is 4.90 Å². The molecule has 0 N–H and O–H groups in total. The van der Waals surface area contributed by atoms with Crippen molar-refractivity contribution in [2.75, 3.05) is 18.0 Å². The molecule has 1 fully saturated rings. The quantitative estimate of drug-likeness (QED) is 0.834. The first kappa shape index (κ1) is 14.6. The van der Waals surface area contributed by atoms with Crippen LogP contribution in [0.1, 0.15) is 31.5 Å². The van der Waals surface area contributed by atoms with Crippen LogP contribution in [0.15, 0.2) is 12.1 Å². The summed E-state index contributed by atoms with van der Waals surface area (Å²) in [6.07, 6.45) is -3.57.